The minimum absolute atomic E-state index is 0.0834. The summed E-state index contributed by atoms with van der Waals surface area (Å²) in [7, 11) is -2.43. The molecule has 0 atom stereocenters. The summed E-state index contributed by atoms with van der Waals surface area (Å²) in [5.41, 5.74) is 1.18. The van der Waals surface area contributed by atoms with Gasteiger partial charge in [-0.2, -0.15) is 0 Å². The third-order valence-corrected chi connectivity index (χ3v) is 5.57. The van der Waals surface area contributed by atoms with Crippen LogP contribution in [-0.2, 0) is 15.4 Å². The van der Waals surface area contributed by atoms with Crippen molar-refractivity contribution in [3.8, 4) is 5.75 Å². The first-order chi connectivity index (χ1) is 11.0. The molecule has 2 rings (SSSR count). The fourth-order valence-electron chi connectivity index (χ4n) is 2.14. The van der Waals surface area contributed by atoms with Crippen molar-refractivity contribution in [2.45, 2.75) is 31.1 Å². The Balaban J connectivity index is 2.51. The predicted octanol–water partition coefficient (Wildman–Crippen LogP) is 5.10. The number of anilines is 1. The maximum atomic E-state index is 12.7. The molecule has 0 amide bonds. The quantitative estimate of drug-likeness (QED) is 0.793. The topological polar surface area (TPSA) is 55.4 Å². The number of sulfonamides is 1. The highest BCUT2D eigenvalue weighted by atomic mass is 35.5. The molecule has 2 aromatic carbocycles. The summed E-state index contributed by atoms with van der Waals surface area (Å²) in [6.07, 6.45) is 0. The number of rotatable bonds is 4. The van der Waals surface area contributed by atoms with Gasteiger partial charge in [0.15, 0.2) is 0 Å². The maximum Gasteiger partial charge on any atom is 0.263 e. The van der Waals surface area contributed by atoms with Crippen LogP contribution in [0.5, 0.6) is 5.75 Å². The molecule has 0 aliphatic rings. The van der Waals surface area contributed by atoms with Crippen LogP contribution in [0.4, 0.5) is 5.69 Å². The van der Waals surface area contributed by atoms with Gasteiger partial charge in [0.1, 0.15) is 10.6 Å². The highest BCUT2D eigenvalue weighted by molar-refractivity contribution is 7.92. The van der Waals surface area contributed by atoms with Crippen LogP contribution < -0.4 is 9.46 Å². The smallest absolute Gasteiger partial charge is 0.263 e. The van der Waals surface area contributed by atoms with Gasteiger partial charge in [0.05, 0.1) is 17.8 Å². The van der Waals surface area contributed by atoms with E-state index < -0.39 is 10.0 Å². The molecule has 0 fully saturated rings. The van der Waals surface area contributed by atoms with Gasteiger partial charge in [-0.25, -0.2) is 8.42 Å². The van der Waals surface area contributed by atoms with Crippen molar-refractivity contribution in [2.75, 3.05) is 11.8 Å². The standard InChI is InChI=1S/C17H19Cl2NO3S/c1-17(2,3)11-5-8-15(23-4)14(9-11)20-24(21,22)16-10-12(18)6-7-13(16)19/h5-10,20H,1-4H3. The average Bonchev–Trinajstić information content (AvgIpc) is 2.48. The average molecular weight is 388 g/mol. The van der Waals surface area contributed by atoms with Crippen LogP contribution in [-0.4, -0.2) is 15.5 Å². The number of hydrogen-bond acceptors (Lipinski definition) is 3. The second kappa shape index (κ2) is 6.82. The molecular weight excluding hydrogens is 369 g/mol. The molecule has 0 bridgehead atoms. The molecule has 4 nitrogen and oxygen atoms in total. The largest absolute Gasteiger partial charge is 0.495 e. The Bertz CT molecular complexity index is 859. The molecule has 0 saturated carbocycles. The molecule has 0 saturated heterocycles. The fraction of sp³-hybridized carbons (Fsp3) is 0.294. The van der Waals surface area contributed by atoms with Crippen molar-refractivity contribution >= 4 is 38.9 Å². The number of hydrogen-bond donors (Lipinski definition) is 1. The van der Waals surface area contributed by atoms with E-state index in [-0.39, 0.29) is 20.4 Å². The summed E-state index contributed by atoms with van der Waals surface area (Å²) in [5, 5.41) is 0.382. The van der Waals surface area contributed by atoms with E-state index in [1.54, 1.807) is 12.1 Å². The van der Waals surface area contributed by atoms with E-state index >= 15 is 0 Å². The van der Waals surface area contributed by atoms with Gasteiger partial charge in [0.2, 0.25) is 0 Å². The summed E-state index contributed by atoms with van der Waals surface area (Å²) in [5.74, 6) is 0.421. The molecule has 0 spiro atoms. The second-order valence-electron chi connectivity index (χ2n) is 6.35. The monoisotopic (exact) mass is 387 g/mol. The van der Waals surface area contributed by atoms with E-state index in [2.05, 4.69) is 4.72 Å². The zero-order chi connectivity index (χ0) is 18.1. The Morgan fingerprint density at radius 3 is 2.29 bits per heavy atom. The summed E-state index contributed by atoms with van der Waals surface area (Å²) in [6, 6.07) is 9.69. The zero-order valence-electron chi connectivity index (χ0n) is 13.9. The predicted molar refractivity (Wildman–Crippen MR) is 99.0 cm³/mol. The molecule has 1 N–H and O–H groups in total. The van der Waals surface area contributed by atoms with Gasteiger partial charge in [-0.15, -0.1) is 0 Å². The number of halogens is 2. The van der Waals surface area contributed by atoms with Gasteiger partial charge in [-0.05, 0) is 41.3 Å². The molecule has 0 radical (unpaired) electrons. The summed E-state index contributed by atoms with van der Waals surface area (Å²) < 4.78 is 33.2. The zero-order valence-corrected chi connectivity index (χ0v) is 16.2. The van der Waals surface area contributed by atoms with Crippen molar-refractivity contribution in [1.82, 2.24) is 0 Å². The lowest BCUT2D eigenvalue weighted by Gasteiger charge is -2.21. The lowest BCUT2D eigenvalue weighted by atomic mass is 9.87. The molecule has 130 valence electrons. The maximum absolute atomic E-state index is 12.7. The Hall–Kier alpha value is -1.43. The number of methoxy groups -OCH3 is 1. The normalized spacial score (nSPS) is 12.1. The van der Waals surface area contributed by atoms with Gasteiger partial charge in [-0.3, -0.25) is 4.72 Å². The van der Waals surface area contributed by atoms with Crippen LogP contribution in [0, 0.1) is 0 Å². The summed E-state index contributed by atoms with van der Waals surface area (Å²) in [4.78, 5) is -0.0834. The van der Waals surface area contributed by atoms with Crippen LogP contribution in [0.2, 0.25) is 10.0 Å². The van der Waals surface area contributed by atoms with Crippen LogP contribution in [0.25, 0.3) is 0 Å². The van der Waals surface area contributed by atoms with E-state index in [0.29, 0.717) is 11.4 Å². The van der Waals surface area contributed by atoms with E-state index in [4.69, 9.17) is 27.9 Å². The Morgan fingerprint density at radius 1 is 1.04 bits per heavy atom. The van der Waals surface area contributed by atoms with Crippen molar-refractivity contribution in [3.63, 3.8) is 0 Å². The third-order valence-electron chi connectivity index (χ3n) is 3.49. The molecule has 2 aromatic rings. The van der Waals surface area contributed by atoms with Gasteiger partial charge in [-0.1, -0.05) is 50.0 Å². The Labute approximate surface area is 152 Å². The molecule has 0 unspecified atom stereocenters. The van der Waals surface area contributed by atoms with Crippen LogP contribution in [0.1, 0.15) is 26.3 Å². The molecule has 7 heteroatoms. The third kappa shape index (κ3) is 4.15. The second-order valence-corrected chi connectivity index (χ2v) is 8.84. The van der Waals surface area contributed by atoms with E-state index in [9.17, 15) is 8.42 Å². The molecule has 0 heterocycles. The first-order valence-electron chi connectivity index (χ1n) is 7.21. The summed E-state index contributed by atoms with van der Waals surface area (Å²) in [6.45, 7) is 6.13. The van der Waals surface area contributed by atoms with E-state index in [0.717, 1.165) is 5.56 Å². The van der Waals surface area contributed by atoms with E-state index in [1.165, 1.54) is 25.3 Å². The fourth-order valence-corrected chi connectivity index (χ4v) is 3.96. The van der Waals surface area contributed by atoms with Crippen LogP contribution in [0.3, 0.4) is 0 Å². The summed E-state index contributed by atoms with van der Waals surface area (Å²) >= 11 is 11.9. The van der Waals surface area contributed by atoms with Crippen LogP contribution >= 0.6 is 23.2 Å². The first kappa shape index (κ1) is 18.9. The number of nitrogens with one attached hydrogen (secondary N) is 1. The van der Waals surface area contributed by atoms with Crippen molar-refractivity contribution in [2.24, 2.45) is 0 Å². The van der Waals surface area contributed by atoms with Crippen molar-refractivity contribution < 1.29 is 13.2 Å². The number of ether oxygens (including phenoxy) is 1. The minimum Gasteiger partial charge on any atom is -0.495 e. The molecule has 0 aliphatic carbocycles. The molecular formula is C17H19Cl2NO3S. The molecule has 0 aromatic heterocycles. The minimum atomic E-state index is -3.91. The van der Waals surface area contributed by atoms with Gasteiger partial charge >= 0.3 is 0 Å². The Kier molecular flexibility index (Phi) is 5.37. The highest BCUT2D eigenvalue weighted by Crippen LogP contribution is 2.34. The Morgan fingerprint density at radius 2 is 1.71 bits per heavy atom. The van der Waals surface area contributed by atoms with Crippen molar-refractivity contribution in [3.05, 3.63) is 52.0 Å². The van der Waals surface area contributed by atoms with Gasteiger partial charge in [0.25, 0.3) is 10.0 Å². The van der Waals surface area contributed by atoms with Gasteiger partial charge in [0, 0.05) is 5.02 Å². The molecule has 24 heavy (non-hydrogen) atoms. The highest BCUT2D eigenvalue weighted by Gasteiger charge is 2.22. The van der Waals surface area contributed by atoms with Crippen LogP contribution in [0.15, 0.2) is 41.3 Å². The number of benzene rings is 2. The van der Waals surface area contributed by atoms with Crippen molar-refractivity contribution in [1.29, 1.82) is 0 Å². The lowest BCUT2D eigenvalue weighted by molar-refractivity contribution is 0.416. The van der Waals surface area contributed by atoms with E-state index in [1.807, 2.05) is 26.8 Å². The SMILES string of the molecule is COc1ccc(C(C)(C)C)cc1NS(=O)(=O)c1cc(Cl)ccc1Cl. The lowest BCUT2D eigenvalue weighted by Crippen LogP contribution is -2.16. The van der Waals surface area contributed by atoms with Gasteiger partial charge < -0.3 is 4.74 Å². The first-order valence-corrected chi connectivity index (χ1v) is 9.45. The molecule has 0 aliphatic heterocycles.